The zero-order chi connectivity index (χ0) is 16.2. The van der Waals surface area contributed by atoms with E-state index in [4.69, 9.17) is 16.0 Å². The number of carbonyl (C=O) groups excluding carboxylic acids is 1. The molecule has 0 radical (unpaired) electrons. The quantitative estimate of drug-likeness (QED) is 0.782. The molecule has 23 heavy (non-hydrogen) atoms. The van der Waals surface area contributed by atoms with E-state index in [9.17, 15) is 4.79 Å². The highest BCUT2D eigenvalue weighted by atomic mass is 35.5. The summed E-state index contributed by atoms with van der Waals surface area (Å²) in [7, 11) is 0. The molecular formula is C16H18ClN3O2S. The van der Waals surface area contributed by atoms with Gasteiger partial charge in [-0.25, -0.2) is 0 Å². The van der Waals surface area contributed by atoms with Crippen molar-refractivity contribution in [1.82, 2.24) is 15.1 Å². The first-order valence-electron chi connectivity index (χ1n) is 7.65. The van der Waals surface area contributed by atoms with E-state index >= 15 is 0 Å². The van der Waals surface area contributed by atoms with Gasteiger partial charge in [-0.2, -0.15) is 0 Å². The van der Waals surface area contributed by atoms with Crippen LogP contribution in [0.2, 0.25) is 5.02 Å². The van der Waals surface area contributed by atoms with Crippen LogP contribution in [0.25, 0.3) is 11.5 Å². The van der Waals surface area contributed by atoms with Gasteiger partial charge in [0.05, 0.1) is 5.75 Å². The molecule has 3 rings (SSSR count). The molecule has 0 aliphatic carbocycles. The SMILES string of the molecule is C[C@@H]1CCCCN1C(=O)CSc1nnc(-c2cccc(Cl)c2)o1. The van der Waals surface area contributed by atoms with Crippen molar-refractivity contribution in [3.05, 3.63) is 29.3 Å². The summed E-state index contributed by atoms with van der Waals surface area (Å²) in [5.41, 5.74) is 0.771. The Labute approximate surface area is 144 Å². The van der Waals surface area contributed by atoms with Crippen LogP contribution in [0.3, 0.4) is 0 Å². The Kier molecular flexibility index (Phi) is 5.23. The van der Waals surface area contributed by atoms with Crippen molar-refractivity contribution in [2.24, 2.45) is 0 Å². The monoisotopic (exact) mass is 351 g/mol. The molecule has 2 heterocycles. The maximum atomic E-state index is 12.3. The van der Waals surface area contributed by atoms with Crippen molar-refractivity contribution in [1.29, 1.82) is 0 Å². The van der Waals surface area contributed by atoms with Gasteiger partial charge in [-0.15, -0.1) is 10.2 Å². The van der Waals surface area contributed by atoms with E-state index in [0.29, 0.717) is 27.9 Å². The maximum absolute atomic E-state index is 12.3. The number of halogens is 1. The molecule has 1 aliphatic rings. The number of thioether (sulfide) groups is 1. The third kappa shape index (κ3) is 4.06. The molecule has 1 aromatic carbocycles. The lowest BCUT2D eigenvalue weighted by Gasteiger charge is -2.33. The van der Waals surface area contributed by atoms with Crippen molar-refractivity contribution >= 4 is 29.3 Å². The highest BCUT2D eigenvalue weighted by Crippen LogP contribution is 2.26. The molecule has 7 heteroatoms. The van der Waals surface area contributed by atoms with Crippen LogP contribution in [-0.2, 0) is 4.79 Å². The number of hydrogen-bond donors (Lipinski definition) is 0. The summed E-state index contributed by atoms with van der Waals surface area (Å²) in [6.07, 6.45) is 3.36. The molecule has 0 unspecified atom stereocenters. The minimum Gasteiger partial charge on any atom is -0.411 e. The zero-order valence-electron chi connectivity index (χ0n) is 12.9. The number of likely N-dealkylation sites (tertiary alicyclic amines) is 1. The molecule has 0 bridgehead atoms. The Hall–Kier alpha value is -1.53. The fourth-order valence-electron chi connectivity index (χ4n) is 2.68. The molecule has 0 N–H and O–H groups in total. The summed E-state index contributed by atoms with van der Waals surface area (Å²) in [4.78, 5) is 14.3. The molecule has 1 amide bonds. The Morgan fingerprint density at radius 1 is 1.43 bits per heavy atom. The largest absolute Gasteiger partial charge is 0.411 e. The van der Waals surface area contributed by atoms with Crippen LogP contribution in [0.1, 0.15) is 26.2 Å². The summed E-state index contributed by atoms with van der Waals surface area (Å²) < 4.78 is 5.60. The second-order valence-corrected chi connectivity index (χ2v) is 6.97. The van der Waals surface area contributed by atoms with Gasteiger partial charge >= 0.3 is 0 Å². The first kappa shape index (κ1) is 16.3. The lowest BCUT2D eigenvalue weighted by molar-refractivity contribution is -0.131. The van der Waals surface area contributed by atoms with Crippen molar-refractivity contribution in [2.75, 3.05) is 12.3 Å². The highest BCUT2D eigenvalue weighted by molar-refractivity contribution is 7.99. The van der Waals surface area contributed by atoms with Gasteiger partial charge in [0.2, 0.25) is 11.8 Å². The molecule has 1 fully saturated rings. The second-order valence-electron chi connectivity index (χ2n) is 5.60. The van der Waals surface area contributed by atoms with Crippen LogP contribution in [-0.4, -0.2) is 39.3 Å². The van der Waals surface area contributed by atoms with Crippen LogP contribution >= 0.6 is 23.4 Å². The van der Waals surface area contributed by atoms with E-state index in [-0.39, 0.29) is 5.91 Å². The standard InChI is InChI=1S/C16H18ClN3O2S/c1-11-5-2-3-8-20(11)14(21)10-23-16-19-18-15(22-16)12-6-4-7-13(17)9-12/h4,6-7,9,11H,2-3,5,8,10H2,1H3/t11-/m1/s1. The number of nitrogens with zero attached hydrogens (tertiary/aromatic N) is 3. The van der Waals surface area contributed by atoms with E-state index in [1.807, 2.05) is 17.0 Å². The van der Waals surface area contributed by atoms with E-state index in [0.717, 1.165) is 24.9 Å². The van der Waals surface area contributed by atoms with Gasteiger partial charge in [0.25, 0.3) is 5.22 Å². The number of aromatic nitrogens is 2. The fraction of sp³-hybridized carbons (Fsp3) is 0.438. The van der Waals surface area contributed by atoms with Crippen molar-refractivity contribution in [2.45, 2.75) is 37.5 Å². The highest BCUT2D eigenvalue weighted by Gasteiger charge is 2.23. The van der Waals surface area contributed by atoms with Crippen LogP contribution < -0.4 is 0 Å². The zero-order valence-corrected chi connectivity index (χ0v) is 14.4. The predicted octanol–water partition coefficient (Wildman–Crippen LogP) is 3.88. The molecule has 1 aliphatic heterocycles. The van der Waals surface area contributed by atoms with E-state index < -0.39 is 0 Å². The fourth-order valence-corrected chi connectivity index (χ4v) is 3.52. The molecule has 122 valence electrons. The number of hydrogen-bond acceptors (Lipinski definition) is 5. The van der Waals surface area contributed by atoms with Crippen LogP contribution in [0, 0.1) is 0 Å². The number of rotatable bonds is 4. The Morgan fingerprint density at radius 2 is 2.30 bits per heavy atom. The summed E-state index contributed by atoms with van der Waals surface area (Å²) in [6, 6.07) is 7.56. The van der Waals surface area contributed by atoms with Crippen molar-refractivity contribution in [3.63, 3.8) is 0 Å². The second kappa shape index (κ2) is 7.36. The maximum Gasteiger partial charge on any atom is 0.277 e. The number of amides is 1. The van der Waals surface area contributed by atoms with E-state index in [2.05, 4.69) is 17.1 Å². The molecule has 1 atom stereocenters. The van der Waals surface area contributed by atoms with E-state index in [1.54, 1.807) is 12.1 Å². The Balaban J connectivity index is 1.60. The molecule has 0 spiro atoms. The molecule has 1 aromatic heterocycles. The molecule has 2 aromatic rings. The van der Waals surface area contributed by atoms with Crippen molar-refractivity contribution in [3.8, 4) is 11.5 Å². The molecule has 0 saturated carbocycles. The predicted molar refractivity (Wildman–Crippen MR) is 90.5 cm³/mol. The summed E-state index contributed by atoms with van der Waals surface area (Å²) in [5.74, 6) is 0.861. The topological polar surface area (TPSA) is 59.2 Å². The van der Waals surface area contributed by atoms with Crippen molar-refractivity contribution < 1.29 is 9.21 Å². The molecular weight excluding hydrogens is 334 g/mol. The Bertz CT molecular complexity index is 691. The number of carbonyl (C=O) groups is 1. The lowest BCUT2D eigenvalue weighted by Crippen LogP contribution is -2.42. The van der Waals surface area contributed by atoms with Gasteiger partial charge in [0, 0.05) is 23.2 Å². The molecule has 5 nitrogen and oxygen atoms in total. The van der Waals surface area contributed by atoms with E-state index in [1.165, 1.54) is 18.2 Å². The van der Waals surface area contributed by atoms with Crippen LogP contribution in [0.4, 0.5) is 0 Å². The van der Waals surface area contributed by atoms with Gasteiger partial charge < -0.3 is 9.32 Å². The van der Waals surface area contributed by atoms with Crippen LogP contribution in [0.5, 0.6) is 0 Å². The van der Waals surface area contributed by atoms with Gasteiger partial charge in [0.1, 0.15) is 0 Å². The summed E-state index contributed by atoms with van der Waals surface area (Å²) in [6.45, 7) is 2.95. The first-order chi connectivity index (χ1) is 11.1. The minimum atomic E-state index is 0.129. The third-order valence-electron chi connectivity index (χ3n) is 3.92. The van der Waals surface area contributed by atoms with Crippen LogP contribution in [0.15, 0.2) is 33.9 Å². The van der Waals surface area contributed by atoms with Gasteiger partial charge in [0.15, 0.2) is 0 Å². The number of piperidine rings is 1. The lowest BCUT2D eigenvalue weighted by atomic mass is 10.0. The normalized spacial score (nSPS) is 18.2. The summed E-state index contributed by atoms with van der Waals surface area (Å²) in [5, 5.41) is 9.02. The summed E-state index contributed by atoms with van der Waals surface area (Å²) >= 11 is 7.24. The van der Waals surface area contributed by atoms with Gasteiger partial charge in [-0.1, -0.05) is 29.4 Å². The Morgan fingerprint density at radius 3 is 3.09 bits per heavy atom. The van der Waals surface area contributed by atoms with Gasteiger partial charge in [-0.05, 0) is 44.4 Å². The number of benzene rings is 1. The average Bonchev–Trinajstić information content (AvgIpc) is 3.02. The first-order valence-corrected chi connectivity index (χ1v) is 9.01. The smallest absolute Gasteiger partial charge is 0.277 e. The third-order valence-corrected chi connectivity index (χ3v) is 4.96. The average molecular weight is 352 g/mol. The minimum absolute atomic E-state index is 0.129. The molecule has 1 saturated heterocycles. The van der Waals surface area contributed by atoms with Gasteiger partial charge in [-0.3, -0.25) is 4.79 Å².